The van der Waals surface area contributed by atoms with Crippen molar-refractivity contribution < 1.29 is 24.2 Å². The number of carbonyl (C=O) groups excluding carboxylic acids is 2. The summed E-state index contributed by atoms with van der Waals surface area (Å²) in [5.41, 5.74) is 6.60. The van der Waals surface area contributed by atoms with Crippen LogP contribution in [-0.2, 0) is 9.47 Å². The molecule has 0 saturated carbocycles. The summed E-state index contributed by atoms with van der Waals surface area (Å²) < 4.78 is 9.13. The van der Waals surface area contributed by atoms with Crippen LogP contribution in [0.1, 0.15) is 20.8 Å². The minimum atomic E-state index is -2.23. The van der Waals surface area contributed by atoms with Gasteiger partial charge in [-0.05, 0) is 0 Å². The van der Waals surface area contributed by atoms with E-state index in [1.54, 1.807) is 20.8 Å². The van der Waals surface area contributed by atoms with Crippen LogP contribution >= 0.6 is 0 Å². The Morgan fingerprint density at radius 3 is 2.11 bits per heavy atom. The smallest absolute Gasteiger partial charge is 0.404 e. The van der Waals surface area contributed by atoms with Crippen molar-refractivity contribution in [2.45, 2.75) is 32.5 Å². The molecule has 5 N–H and O–H groups in total. The normalized spacial score (nSPS) is 15.9. The largest absolute Gasteiger partial charge is 0.445 e. The number of amides is 2. The Morgan fingerprint density at radius 2 is 1.83 bits per heavy atom. The predicted molar refractivity (Wildman–Crippen MR) is 60.0 cm³/mol. The summed E-state index contributed by atoms with van der Waals surface area (Å²) in [5, 5.41) is 19.1. The molecule has 8 heteroatoms. The van der Waals surface area contributed by atoms with E-state index in [1.165, 1.54) is 6.07 Å². The van der Waals surface area contributed by atoms with E-state index in [9.17, 15) is 14.7 Å². The monoisotopic (exact) mass is 259 g/mol. The quantitative estimate of drug-likeness (QED) is 0.597. The van der Waals surface area contributed by atoms with E-state index >= 15 is 0 Å². The first-order valence-electron chi connectivity index (χ1n) is 5.05. The molecule has 0 spiro atoms. The molecule has 2 atom stereocenters. The summed E-state index contributed by atoms with van der Waals surface area (Å²) in [6.07, 6.45) is -3.59. The van der Waals surface area contributed by atoms with Crippen LogP contribution in [0, 0.1) is 16.7 Å². The Bertz CT molecular complexity index is 371. The van der Waals surface area contributed by atoms with Gasteiger partial charge in [0.05, 0.1) is 0 Å². The molecule has 0 aliphatic heterocycles. The van der Waals surface area contributed by atoms with E-state index in [0.717, 1.165) is 0 Å². The Hall–Kier alpha value is -2.01. The van der Waals surface area contributed by atoms with E-state index < -0.39 is 35.9 Å². The molecule has 0 aliphatic carbocycles. The molecule has 0 aliphatic rings. The topological polar surface area (TPSA) is 149 Å². The summed E-state index contributed by atoms with van der Waals surface area (Å²) in [6.45, 7) is 4.13. The molecule has 2 amide bonds. The van der Waals surface area contributed by atoms with Crippen LogP contribution in [0.25, 0.3) is 0 Å². The van der Waals surface area contributed by atoms with Crippen molar-refractivity contribution in [3.05, 3.63) is 0 Å². The van der Waals surface area contributed by atoms with Gasteiger partial charge in [-0.15, -0.1) is 0 Å². The van der Waals surface area contributed by atoms with Gasteiger partial charge in [-0.2, -0.15) is 5.26 Å². The lowest BCUT2D eigenvalue weighted by Crippen LogP contribution is -2.54. The highest BCUT2D eigenvalue weighted by Gasteiger charge is 2.48. The van der Waals surface area contributed by atoms with Crippen molar-refractivity contribution in [2.75, 3.05) is 6.61 Å². The third-order valence-corrected chi connectivity index (χ3v) is 2.08. The zero-order valence-corrected chi connectivity index (χ0v) is 10.5. The Labute approximate surface area is 104 Å². The minimum Gasteiger partial charge on any atom is -0.445 e. The van der Waals surface area contributed by atoms with Crippen molar-refractivity contribution in [2.24, 2.45) is 16.9 Å². The van der Waals surface area contributed by atoms with Crippen molar-refractivity contribution in [3.63, 3.8) is 0 Å². The predicted octanol–water partition coefficient (Wildman–Crippen LogP) is -0.154. The summed E-state index contributed by atoms with van der Waals surface area (Å²) in [6, 6.07) is 1.54. The average Bonchev–Trinajstić information content (AvgIpc) is 2.21. The van der Waals surface area contributed by atoms with Crippen LogP contribution in [0.15, 0.2) is 0 Å². The van der Waals surface area contributed by atoms with Crippen molar-refractivity contribution in [3.8, 4) is 6.07 Å². The van der Waals surface area contributed by atoms with Gasteiger partial charge in [-0.3, -0.25) is 0 Å². The summed E-state index contributed by atoms with van der Waals surface area (Å²) in [5.74, 6) is 0. The zero-order valence-electron chi connectivity index (χ0n) is 10.5. The van der Waals surface area contributed by atoms with Gasteiger partial charge in [0.2, 0.25) is 5.60 Å². The molecule has 102 valence electrons. The Morgan fingerprint density at radius 1 is 1.33 bits per heavy atom. The maximum absolute atomic E-state index is 10.8. The standard InChI is InChI=1S/C10H17N3O5/c1-9(2,3)6(18-8(13)15)10(16,4-11)5-17-7(12)14/h6,16H,5H2,1-3H3,(H2,12,14)(H2,13,15). The van der Waals surface area contributed by atoms with E-state index in [4.69, 9.17) is 21.5 Å². The molecule has 8 nitrogen and oxygen atoms in total. The first-order chi connectivity index (χ1) is 8.03. The molecule has 0 aromatic heterocycles. The van der Waals surface area contributed by atoms with E-state index in [-0.39, 0.29) is 0 Å². The van der Waals surface area contributed by atoms with Gasteiger partial charge in [0.25, 0.3) is 0 Å². The third kappa shape index (κ3) is 4.47. The molecule has 0 aromatic carbocycles. The molecule has 2 unspecified atom stereocenters. The number of primary amides is 2. The number of hydrogen-bond acceptors (Lipinski definition) is 6. The van der Waals surface area contributed by atoms with Crippen LogP contribution in [-0.4, -0.2) is 35.6 Å². The molecular weight excluding hydrogens is 242 g/mol. The summed E-state index contributed by atoms with van der Waals surface area (Å²) in [7, 11) is 0. The third-order valence-electron chi connectivity index (χ3n) is 2.08. The number of rotatable bonds is 4. The number of nitrogens with two attached hydrogens (primary N) is 2. The number of carbonyl (C=O) groups is 2. The molecule has 0 aromatic rings. The average molecular weight is 259 g/mol. The van der Waals surface area contributed by atoms with Crippen molar-refractivity contribution in [1.82, 2.24) is 0 Å². The van der Waals surface area contributed by atoms with Crippen molar-refractivity contribution >= 4 is 12.2 Å². The molecular formula is C10H17N3O5. The van der Waals surface area contributed by atoms with E-state index in [1.807, 2.05) is 0 Å². The highest BCUT2D eigenvalue weighted by atomic mass is 16.6. The number of aliphatic hydroxyl groups is 1. The fourth-order valence-electron chi connectivity index (χ4n) is 1.45. The van der Waals surface area contributed by atoms with Crippen LogP contribution in [0.3, 0.4) is 0 Å². The Balaban J connectivity index is 5.20. The number of nitrogens with zero attached hydrogens (tertiary/aromatic N) is 1. The second-order valence-corrected chi connectivity index (χ2v) is 4.83. The van der Waals surface area contributed by atoms with Gasteiger partial charge < -0.3 is 26.0 Å². The second kappa shape index (κ2) is 5.55. The lowest BCUT2D eigenvalue weighted by atomic mass is 9.79. The second-order valence-electron chi connectivity index (χ2n) is 4.83. The van der Waals surface area contributed by atoms with Gasteiger partial charge in [-0.25, -0.2) is 9.59 Å². The number of nitriles is 1. The highest BCUT2D eigenvalue weighted by molar-refractivity contribution is 5.65. The number of hydrogen-bond donors (Lipinski definition) is 3. The van der Waals surface area contributed by atoms with Crippen molar-refractivity contribution in [1.29, 1.82) is 5.26 Å². The highest BCUT2D eigenvalue weighted by Crippen LogP contribution is 2.31. The van der Waals surface area contributed by atoms with Crippen LogP contribution in [0.4, 0.5) is 9.59 Å². The van der Waals surface area contributed by atoms with Crippen LogP contribution < -0.4 is 11.5 Å². The SMILES string of the molecule is CC(C)(C)C(OC(N)=O)C(O)(C#N)COC(N)=O. The number of ether oxygens (including phenoxy) is 2. The van der Waals surface area contributed by atoms with E-state index in [0.29, 0.717) is 0 Å². The minimum absolute atomic E-state index is 0.728. The van der Waals surface area contributed by atoms with E-state index in [2.05, 4.69) is 4.74 Å². The molecule has 0 bridgehead atoms. The fraction of sp³-hybridized carbons (Fsp3) is 0.700. The molecule has 18 heavy (non-hydrogen) atoms. The fourth-order valence-corrected chi connectivity index (χ4v) is 1.45. The van der Waals surface area contributed by atoms with Crippen LogP contribution in [0.2, 0.25) is 0 Å². The van der Waals surface area contributed by atoms with Crippen LogP contribution in [0.5, 0.6) is 0 Å². The molecule has 0 heterocycles. The van der Waals surface area contributed by atoms with Gasteiger partial charge in [0, 0.05) is 5.41 Å². The lowest BCUT2D eigenvalue weighted by molar-refractivity contribution is -0.111. The maximum atomic E-state index is 10.8. The first-order valence-corrected chi connectivity index (χ1v) is 5.05. The zero-order chi connectivity index (χ0) is 14.6. The van der Waals surface area contributed by atoms with Gasteiger partial charge in [0.15, 0.2) is 6.10 Å². The maximum Gasteiger partial charge on any atom is 0.404 e. The van der Waals surface area contributed by atoms with Gasteiger partial charge in [0.1, 0.15) is 12.7 Å². The molecule has 0 saturated heterocycles. The lowest BCUT2D eigenvalue weighted by Gasteiger charge is -2.37. The Kier molecular flexibility index (Phi) is 4.93. The molecule has 0 rings (SSSR count). The van der Waals surface area contributed by atoms with Gasteiger partial charge >= 0.3 is 12.2 Å². The molecule has 0 fully saturated rings. The first kappa shape index (κ1) is 16.0. The summed E-state index contributed by atoms with van der Waals surface area (Å²) in [4.78, 5) is 21.3. The summed E-state index contributed by atoms with van der Waals surface area (Å²) >= 11 is 0. The molecule has 0 radical (unpaired) electrons. The van der Waals surface area contributed by atoms with Gasteiger partial charge in [-0.1, -0.05) is 20.8 Å².